The number of aromatic nitrogens is 2. The number of benzene rings is 4. The van der Waals surface area contributed by atoms with Gasteiger partial charge in [-0.05, 0) is 60.2 Å². The van der Waals surface area contributed by atoms with Gasteiger partial charge in [0, 0.05) is 29.8 Å². The topological polar surface area (TPSA) is 65.4 Å². The van der Waals surface area contributed by atoms with Gasteiger partial charge in [0.2, 0.25) is 0 Å². The predicted molar refractivity (Wildman–Crippen MR) is 151 cm³/mol. The van der Waals surface area contributed by atoms with Crippen molar-refractivity contribution in [1.29, 1.82) is 0 Å². The Balaban J connectivity index is 1.49. The van der Waals surface area contributed by atoms with Gasteiger partial charge in [0.15, 0.2) is 11.5 Å². The predicted octanol–water partition coefficient (Wildman–Crippen LogP) is 7.14. The van der Waals surface area contributed by atoms with Crippen molar-refractivity contribution in [3.63, 3.8) is 0 Å². The van der Waals surface area contributed by atoms with Crippen LogP contribution in [0.25, 0.3) is 22.4 Å². The Morgan fingerprint density at radius 3 is 2.46 bits per heavy atom. The number of halogens is 3. The molecule has 198 valence electrons. The van der Waals surface area contributed by atoms with Crippen LogP contribution >= 0.6 is 23.2 Å². The summed E-state index contributed by atoms with van der Waals surface area (Å²) in [7, 11) is 3.13. The third kappa shape index (κ3) is 5.55. The number of methoxy groups -OCH3 is 2. The fourth-order valence-electron chi connectivity index (χ4n) is 4.43. The van der Waals surface area contributed by atoms with Crippen LogP contribution in [-0.4, -0.2) is 29.7 Å². The molecule has 0 saturated heterocycles. The number of carbonyl (C=O) groups is 1. The number of imidazole rings is 1. The van der Waals surface area contributed by atoms with E-state index < -0.39 is 0 Å². The van der Waals surface area contributed by atoms with Gasteiger partial charge in [0.25, 0.3) is 5.91 Å². The lowest BCUT2D eigenvalue weighted by Gasteiger charge is -2.13. The third-order valence-electron chi connectivity index (χ3n) is 6.37. The minimum Gasteiger partial charge on any atom is -0.493 e. The molecule has 1 N–H and O–H groups in total. The quantitative estimate of drug-likeness (QED) is 0.218. The lowest BCUT2D eigenvalue weighted by Crippen LogP contribution is -2.23. The maximum atomic E-state index is 13.5. The van der Waals surface area contributed by atoms with Crippen LogP contribution in [0.1, 0.15) is 21.5 Å². The number of ether oxygens (including phenoxy) is 2. The van der Waals surface area contributed by atoms with Gasteiger partial charge in [-0.1, -0.05) is 47.5 Å². The molecular weight excluding hydrogens is 540 g/mol. The van der Waals surface area contributed by atoms with E-state index in [1.54, 1.807) is 56.7 Å². The molecule has 4 aromatic carbocycles. The first-order valence-electron chi connectivity index (χ1n) is 12.1. The van der Waals surface area contributed by atoms with Crippen molar-refractivity contribution in [1.82, 2.24) is 14.9 Å². The molecule has 5 rings (SSSR count). The van der Waals surface area contributed by atoms with Crippen molar-refractivity contribution in [2.75, 3.05) is 14.2 Å². The van der Waals surface area contributed by atoms with E-state index in [0.717, 1.165) is 22.2 Å². The molecule has 6 nitrogen and oxygen atoms in total. The number of rotatable bonds is 8. The van der Waals surface area contributed by atoms with E-state index in [0.29, 0.717) is 45.0 Å². The van der Waals surface area contributed by atoms with Crippen molar-refractivity contribution in [2.24, 2.45) is 0 Å². The molecule has 5 aromatic rings. The van der Waals surface area contributed by atoms with Crippen molar-refractivity contribution < 1.29 is 18.7 Å². The molecule has 1 aromatic heterocycles. The molecule has 1 amide bonds. The van der Waals surface area contributed by atoms with E-state index in [-0.39, 0.29) is 18.3 Å². The molecule has 0 atom stereocenters. The Kier molecular flexibility index (Phi) is 7.72. The van der Waals surface area contributed by atoms with Crippen LogP contribution in [0.15, 0.2) is 78.9 Å². The summed E-state index contributed by atoms with van der Waals surface area (Å²) in [6, 6.07) is 22.5. The molecule has 0 aliphatic rings. The van der Waals surface area contributed by atoms with Crippen LogP contribution in [0.2, 0.25) is 10.0 Å². The van der Waals surface area contributed by atoms with Gasteiger partial charge in [-0.25, -0.2) is 9.37 Å². The van der Waals surface area contributed by atoms with Gasteiger partial charge in [0.1, 0.15) is 11.6 Å². The molecule has 39 heavy (non-hydrogen) atoms. The maximum absolute atomic E-state index is 13.5. The Hall–Kier alpha value is -4.07. The third-order valence-corrected chi connectivity index (χ3v) is 7.11. The average Bonchev–Trinajstić information content (AvgIpc) is 3.31. The van der Waals surface area contributed by atoms with Gasteiger partial charge in [0.05, 0.1) is 35.3 Å². The standard InChI is InChI=1S/C30H24Cl2FN3O3/c1-38-27-5-3-4-21(28(27)39-2)16-34-30(37)20-9-13-26-25(15-20)35-29(19-8-12-23(31)24(32)14-19)36(26)17-18-6-10-22(33)11-7-18/h3-15H,16-17H2,1-2H3,(H,34,37). The van der Waals surface area contributed by atoms with Crippen LogP contribution in [-0.2, 0) is 13.1 Å². The monoisotopic (exact) mass is 563 g/mol. The fraction of sp³-hybridized carbons (Fsp3) is 0.133. The largest absolute Gasteiger partial charge is 0.493 e. The minimum atomic E-state index is -0.304. The van der Waals surface area contributed by atoms with E-state index in [9.17, 15) is 9.18 Å². The Morgan fingerprint density at radius 1 is 0.949 bits per heavy atom. The summed E-state index contributed by atoms with van der Waals surface area (Å²) in [5.41, 5.74) is 4.34. The molecule has 0 aliphatic heterocycles. The number of fused-ring (bicyclic) bond motifs is 1. The van der Waals surface area contributed by atoms with E-state index in [2.05, 4.69) is 5.32 Å². The highest BCUT2D eigenvalue weighted by Gasteiger charge is 2.17. The SMILES string of the molecule is COc1cccc(CNC(=O)c2ccc3c(c2)nc(-c2ccc(Cl)c(Cl)c2)n3Cc2ccc(F)cc2)c1OC. The molecule has 0 aliphatic carbocycles. The summed E-state index contributed by atoms with van der Waals surface area (Å²) in [5.74, 6) is 1.24. The normalized spacial score (nSPS) is 11.0. The zero-order valence-electron chi connectivity index (χ0n) is 21.2. The van der Waals surface area contributed by atoms with E-state index >= 15 is 0 Å². The smallest absolute Gasteiger partial charge is 0.251 e. The Bertz CT molecular complexity index is 1670. The lowest BCUT2D eigenvalue weighted by molar-refractivity contribution is 0.0950. The molecule has 0 bridgehead atoms. The number of nitrogens with one attached hydrogen (secondary N) is 1. The Morgan fingerprint density at radius 2 is 1.74 bits per heavy atom. The first-order chi connectivity index (χ1) is 18.9. The van der Waals surface area contributed by atoms with E-state index in [1.165, 1.54) is 12.1 Å². The first kappa shape index (κ1) is 26.5. The van der Waals surface area contributed by atoms with Crippen LogP contribution < -0.4 is 14.8 Å². The minimum absolute atomic E-state index is 0.255. The summed E-state index contributed by atoms with van der Waals surface area (Å²) in [6.07, 6.45) is 0. The molecule has 0 spiro atoms. The zero-order chi connectivity index (χ0) is 27.5. The number of amides is 1. The average molecular weight is 564 g/mol. The molecular formula is C30H24Cl2FN3O3. The molecule has 0 saturated carbocycles. The number of nitrogens with zero attached hydrogens (tertiary/aromatic N) is 2. The van der Waals surface area contributed by atoms with Gasteiger partial charge < -0.3 is 19.4 Å². The van der Waals surface area contributed by atoms with E-state index in [4.69, 9.17) is 37.7 Å². The van der Waals surface area contributed by atoms with Gasteiger partial charge in [-0.15, -0.1) is 0 Å². The van der Waals surface area contributed by atoms with Crippen LogP contribution in [0, 0.1) is 5.82 Å². The lowest BCUT2D eigenvalue weighted by atomic mass is 10.1. The molecule has 0 fully saturated rings. The van der Waals surface area contributed by atoms with Crippen LogP contribution in [0.3, 0.4) is 0 Å². The second-order valence-corrected chi connectivity index (χ2v) is 9.63. The second kappa shape index (κ2) is 11.4. The molecule has 9 heteroatoms. The Labute approximate surface area is 234 Å². The summed E-state index contributed by atoms with van der Waals surface area (Å²) < 4.78 is 26.3. The fourth-order valence-corrected chi connectivity index (χ4v) is 4.73. The van der Waals surface area contributed by atoms with Crippen molar-refractivity contribution in [3.8, 4) is 22.9 Å². The number of para-hydroxylation sites is 1. The van der Waals surface area contributed by atoms with Crippen molar-refractivity contribution in [3.05, 3.63) is 111 Å². The van der Waals surface area contributed by atoms with Crippen LogP contribution in [0.4, 0.5) is 4.39 Å². The highest BCUT2D eigenvalue weighted by atomic mass is 35.5. The zero-order valence-corrected chi connectivity index (χ0v) is 22.7. The maximum Gasteiger partial charge on any atom is 0.251 e. The van der Waals surface area contributed by atoms with Crippen LogP contribution in [0.5, 0.6) is 11.5 Å². The molecule has 1 heterocycles. The summed E-state index contributed by atoms with van der Waals surface area (Å²) in [4.78, 5) is 17.9. The van der Waals surface area contributed by atoms with Crippen molar-refractivity contribution >= 4 is 40.1 Å². The van der Waals surface area contributed by atoms with Gasteiger partial charge in [-0.2, -0.15) is 0 Å². The summed E-state index contributed by atoms with van der Waals surface area (Å²) in [5, 5.41) is 3.78. The summed E-state index contributed by atoms with van der Waals surface area (Å²) >= 11 is 12.4. The molecule has 0 unspecified atom stereocenters. The highest BCUT2D eigenvalue weighted by Crippen LogP contribution is 2.32. The first-order valence-corrected chi connectivity index (χ1v) is 12.8. The van der Waals surface area contributed by atoms with Gasteiger partial charge in [-0.3, -0.25) is 4.79 Å². The second-order valence-electron chi connectivity index (χ2n) is 8.82. The van der Waals surface area contributed by atoms with Gasteiger partial charge >= 0.3 is 0 Å². The number of hydrogen-bond acceptors (Lipinski definition) is 4. The summed E-state index contributed by atoms with van der Waals surface area (Å²) in [6.45, 7) is 0.693. The van der Waals surface area contributed by atoms with E-state index in [1.807, 2.05) is 28.8 Å². The van der Waals surface area contributed by atoms with Crippen molar-refractivity contribution in [2.45, 2.75) is 13.1 Å². The number of hydrogen-bond donors (Lipinski definition) is 1. The highest BCUT2D eigenvalue weighted by molar-refractivity contribution is 6.42. The number of carbonyl (C=O) groups excluding carboxylic acids is 1. The molecule has 0 radical (unpaired) electrons.